The van der Waals surface area contributed by atoms with E-state index in [2.05, 4.69) is 12.2 Å². The predicted octanol–water partition coefficient (Wildman–Crippen LogP) is 1.71. The second-order valence-electron chi connectivity index (χ2n) is 5.43. The molecule has 3 heteroatoms. The lowest BCUT2D eigenvalue weighted by atomic mass is 9.73. The molecule has 0 radical (unpaired) electrons. The molecule has 0 saturated heterocycles. The summed E-state index contributed by atoms with van der Waals surface area (Å²) >= 11 is 0. The first kappa shape index (κ1) is 10.9. The molecule has 1 amide bonds. The summed E-state index contributed by atoms with van der Waals surface area (Å²) in [7, 11) is 0. The van der Waals surface area contributed by atoms with Gasteiger partial charge in [-0.25, -0.2) is 0 Å². The Bertz CT molecular complexity index is 249. The third-order valence-electron chi connectivity index (χ3n) is 4.25. The van der Waals surface area contributed by atoms with Crippen molar-refractivity contribution in [1.82, 2.24) is 5.32 Å². The summed E-state index contributed by atoms with van der Waals surface area (Å²) in [5.74, 6) is 0.166. The van der Waals surface area contributed by atoms with E-state index in [9.17, 15) is 4.79 Å². The first-order valence-corrected chi connectivity index (χ1v) is 6.17. The summed E-state index contributed by atoms with van der Waals surface area (Å²) in [4.78, 5) is 11.8. The summed E-state index contributed by atoms with van der Waals surface area (Å²) in [6.07, 6.45) is 8.33. The highest BCUT2D eigenvalue weighted by molar-refractivity contribution is 5.78. The van der Waals surface area contributed by atoms with Crippen molar-refractivity contribution in [3.8, 4) is 0 Å². The van der Waals surface area contributed by atoms with E-state index in [4.69, 9.17) is 5.73 Å². The molecule has 2 aliphatic rings. The number of nitrogens with one attached hydrogen (secondary N) is 1. The molecule has 0 aromatic rings. The standard InChI is InChI=1S/C12H22N2O/c1-2-12(7-4-8-12)14-10(15)9-11(13)5-3-6-11/h2-9,13H2,1H3,(H,14,15). The van der Waals surface area contributed by atoms with Gasteiger partial charge in [0.05, 0.1) is 0 Å². The van der Waals surface area contributed by atoms with E-state index in [0.717, 1.165) is 32.1 Å². The van der Waals surface area contributed by atoms with Crippen LogP contribution in [0, 0.1) is 0 Å². The van der Waals surface area contributed by atoms with Gasteiger partial charge in [-0.05, 0) is 44.9 Å². The van der Waals surface area contributed by atoms with Gasteiger partial charge in [0, 0.05) is 17.5 Å². The Morgan fingerprint density at radius 2 is 1.87 bits per heavy atom. The minimum Gasteiger partial charge on any atom is -0.351 e. The maximum absolute atomic E-state index is 11.8. The van der Waals surface area contributed by atoms with Crippen LogP contribution < -0.4 is 11.1 Å². The smallest absolute Gasteiger partial charge is 0.222 e. The number of amides is 1. The van der Waals surface area contributed by atoms with Gasteiger partial charge in [-0.15, -0.1) is 0 Å². The molecular weight excluding hydrogens is 188 g/mol. The van der Waals surface area contributed by atoms with Crippen LogP contribution in [0.5, 0.6) is 0 Å². The number of nitrogens with two attached hydrogens (primary N) is 1. The van der Waals surface area contributed by atoms with E-state index in [1.54, 1.807) is 0 Å². The molecule has 0 aliphatic heterocycles. The zero-order valence-electron chi connectivity index (χ0n) is 9.64. The first-order valence-electron chi connectivity index (χ1n) is 6.17. The molecule has 2 aliphatic carbocycles. The molecule has 0 unspecified atom stereocenters. The van der Waals surface area contributed by atoms with Crippen LogP contribution in [0.1, 0.15) is 58.3 Å². The van der Waals surface area contributed by atoms with E-state index >= 15 is 0 Å². The lowest BCUT2D eigenvalue weighted by molar-refractivity contribution is -0.126. The van der Waals surface area contributed by atoms with E-state index in [1.807, 2.05) is 0 Å². The number of rotatable bonds is 4. The van der Waals surface area contributed by atoms with Crippen LogP contribution >= 0.6 is 0 Å². The molecule has 3 N–H and O–H groups in total. The van der Waals surface area contributed by atoms with Gasteiger partial charge in [0.1, 0.15) is 0 Å². The molecular formula is C12H22N2O. The molecule has 0 spiro atoms. The summed E-state index contributed by atoms with van der Waals surface area (Å²) in [5, 5.41) is 3.18. The van der Waals surface area contributed by atoms with Gasteiger partial charge in [0.15, 0.2) is 0 Å². The lowest BCUT2D eigenvalue weighted by Gasteiger charge is -2.44. The monoisotopic (exact) mass is 210 g/mol. The maximum Gasteiger partial charge on any atom is 0.222 e. The number of carbonyl (C=O) groups excluding carboxylic acids is 1. The van der Waals surface area contributed by atoms with Crippen molar-refractivity contribution in [2.24, 2.45) is 5.73 Å². The highest BCUT2D eigenvalue weighted by Crippen LogP contribution is 2.36. The fraction of sp³-hybridized carbons (Fsp3) is 0.917. The molecule has 0 atom stereocenters. The van der Waals surface area contributed by atoms with Crippen molar-refractivity contribution < 1.29 is 4.79 Å². The van der Waals surface area contributed by atoms with E-state index in [-0.39, 0.29) is 17.0 Å². The molecule has 15 heavy (non-hydrogen) atoms. The van der Waals surface area contributed by atoms with E-state index < -0.39 is 0 Å². The van der Waals surface area contributed by atoms with Gasteiger partial charge in [-0.2, -0.15) is 0 Å². The fourth-order valence-electron chi connectivity index (χ4n) is 2.64. The van der Waals surface area contributed by atoms with Crippen molar-refractivity contribution in [3.05, 3.63) is 0 Å². The largest absolute Gasteiger partial charge is 0.351 e. The number of carbonyl (C=O) groups is 1. The highest BCUT2D eigenvalue weighted by atomic mass is 16.1. The minimum atomic E-state index is -0.178. The van der Waals surface area contributed by atoms with Crippen LogP contribution in [0.3, 0.4) is 0 Å². The Morgan fingerprint density at radius 1 is 1.27 bits per heavy atom. The lowest BCUT2D eigenvalue weighted by Crippen LogP contribution is -2.56. The average molecular weight is 210 g/mol. The zero-order chi connectivity index (χ0) is 10.9. The normalized spacial score (nSPS) is 26.3. The minimum absolute atomic E-state index is 0.122. The van der Waals surface area contributed by atoms with Crippen LogP contribution in [0.2, 0.25) is 0 Å². The van der Waals surface area contributed by atoms with Gasteiger partial charge >= 0.3 is 0 Å². The number of hydrogen-bond acceptors (Lipinski definition) is 2. The van der Waals surface area contributed by atoms with Crippen molar-refractivity contribution in [2.75, 3.05) is 0 Å². The van der Waals surface area contributed by atoms with E-state index in [1.165, 1.54) is 12.8 Å². The molecule has 86 valence electrons. The molecule has 0 heterocycles. The summed E-state index contributed by atoms with van der Waals surface area (Å²) < 4.78 is 0. The van der Waals surface area contributed by atoms with Gasteiger partial charge in [-0.3, -0.25) is 4.79 Å². The van der Waals surface area contributed by atoms with Crippen molar-refractivity contribution in [3.63, 3.8) is 0 Å². The summed E-state index contributed by atoms with van der Waals surface area (Å²) in [5.41, 5.74) is 6.01. The second kappa shape index (κ2) is 3.78. The van der Waals surface area contributed by atoms with Crippen molar-refractivity contribution >= 4 is 5.91 Å². The third kappa shape index (κ3) is 2.17. The topological polar surface area (TPSA) is 55.1 Å². The molecule has 0 aromatic carbocycles. The zero-order valence-corrected chi connectivity index (χ0v) is 9.64. The second-order valence-corrected chi connectivity index (χ2v) is 5.43. The van der Waals surface area contributed by atoms with Crippen LogP contribution in [-0.4, -0.2) is 17.0 Å². The SMILES string of the molecule is CCC1(NC(=O)CC2(N)CCC2)CCC1. The summed E-state index contributed by atoms with van der Waals surface area (Å²) in [6, 6.07) is 0. The van der Waals surface area contributed by atoms with Crippen molar-refractivity contribution in [1.29, 1.82) is 0 Å². The molecule has 2 rings (SSSR count). The Labute approximate surface area is 91.8 Å². The molecule has 0 bridgehead atoms. The third-order valence-corrected chi connectivity index (χ3v) is 4.25. The molecule has 3 nitrogen and oxygen atoms in total. The molecule has 2 saturated carbocycles. The quantitative estimate of drug-likeness (QED) is 0.742. The van der Waals surface area contributed by atoms with Gasteiger partial charge in [0.25, 0.3) is 0 Å². The summed E-state index contributed by atoms with van der Waals surface area (Å²) in [6.45, 7) is 2.15. The van der Waals surface area contributed by atoms with Gasteiger partial charge in [0.2, 0.25) is 5.91 Å². The van der Waals surface area contributed by atoms with Crippen LogP contribution in [0.25, 0.3) is 0 Å². The molecule has 2 fully saturated rings. The predicted molar refractivity (Wildman–Crippen MR) is 60.4 cm³/mol. The molecule has 0 aromatic heterocycles. The number of hydrogen-bond donors (Lipinski definition) is 2. The Hall–Kier alpha value is -0.570. The highest BCUT2D eigenvalue weighted by Gasteiger charge is 2.39. The van der Waals surface area contributed by atoms with Crippen LogP contribution in [-0.2, 0) is 4.79 Å². The Balaban J connectivity index is 1.81. The maximum atomic E-state index is 11.8. The average Bonchev–Trinajstić information content (AvgIpc) is 2.09. The van der Waals surface area contributed by atoms with Gasteiger partial charge < -0.3 is 11.1 Å². The van der Waals surface area contributed by atoms with Crippen LogP contribution in [0.15, 0.2) is 0 Å². The van der Waals surface area contributed by atoms with Crippen molar-refractivity contribution in [2.45, 2.75) is 69.4 Å². The van der Waals surface area contributed by atoms with Crippen LogP contribution in [0.4, 0.5) is 0 Å². The van der Waals surface area contributed by atoms with E-state index in [0.29, 0.717) is 6.42 Å². The Kier molecular flexibility index (Phi) is 2.75. The van der Waals surface area contributed by atoms with Gasteiger partial charge in [-0.1, -0.05) is 6.92 Å². The Morgan fingerprint density at radius 3 is 2.20 bits per heavy atom. The fourth-order valence-corrected chi connectivity index (χ4v) is 2.64. The first-order chi connectivity index (χ1) is 7.08.